The summed E-state index contributed by atoms with van der Waals surface area (Å²) in [6, 6.07) is 8.69. The van der Waals surface area contributed by atoms with Crippen molar-refractivity contribution in [3.05, 3.63) is 24.3 Å². The number of rotatable bonds is 7. The van der Waals surface area contributed by atoms with Crippen LogP contribution in [0.5, 0.6) is 5.75 Å². The van der Waals surface area contributed by atoms with E-state index in [1.807, 2.05) is 12.1 Å². The molecule has 1 aliphatic rings. The van der Waals surface area contributed by atoms with Gasteiger partial charge in [0.1, 0.15) is 5.75 Å². The molecule has 0 aliphatic heterocycles. The molecular weight excluding hydrogens is 250 g/mol. The van der Waals surface area contributed by atoms with Gasteiger partial charge in [-0.1, -0.05) is 26.8 Å². The largest absolute Gasteiger partial charge is 0.494 e. The smallest absolute Gasteiger partial charge is 0.121 e. The lowest BCUT2D eigenvalue weighted by molar-refractivity contribution is -0.0975. The van der Waals surface area contributed by atoms with Crippen LogP contribution in [-0.2, 0) is 4.74 Å². The third kappa shape index (κ3) is 3.26. The Morgan fingerprint density at radius 2 is 2.10 bits per heavy atom. The van der Waals surface area contributed by atoms with Crippen molar-refractivity contribution < 1.29 is 9.47 Å². The molecular formula is C17H27NO2. The second-order valence-electron chi connectivity index (χ2n) is 6.07. The van der Waals surface area contributed by atoms with E-state index in [4.69, 9.17) is 9.47 Å². The van der Waals surface area contributed by atoms with E-state index in [1.165, 1.54) is 0 Å². The lowest BCUT2D eigenvalue weighted by Gasteiger charge is -2.52. The fourth-order valence-corrected chi connectivity index (χ4v) is 2.71. The summed E-state index contributed by atoms with van der Waals surface area (Å²) in [5.74, 6) is 0.940. The Morgan fingerprint density at radius 3 is 2.75 bits per heavy atom. The Bertz CT molecular complexity index is 431. The minimum atomic E-state index is 0.177. The van der Waals surface area contributed by atoms with E-state index in [-0.39, 0.29) is 5.41 Å². The standard InChI is InChI=1S/C17H27NO2/c1-5-10-20-14-9-7-8-13(11-14)18-15-12-16(19-6-2)17(15,3)4/h7-9,11,15-16,18H,5-6,10,12H2,1-4H3. The van der Waals surface area contributed by atoms with Crippen molar-refractivity contribution >= 4 is 5.69 Å². The minimum Gasteiger partial charge on any atom is -0.494 e. The first-order valence-corrected chi connectivity index (χ1v) is 7.69. The third-order valence-electron chi connectivity index (χ3n) is 4.19. The number of hydrogen-bond donors (Lipinski definition) is 1. The third-order valence-corrected chi connectivity index (χ3v) is 4.19. The molecule has 1 N–H and O–H groups in total. The topological polar surface area (TPSA) is 30.5 Å². The second-order valence-corrected chi connectivity index (χ2v) is 6.07. The van der Waals surface area contributed by atoms with Gasteiger partial charge in [-0.05, 0) is 31.9 Å². The Hall–Kier alpha value is -1.22. The van der Waals surface area contributed by atoms with Crippen LogP contribution in [0.2, 0.25) is 0 Å². The van der Waals surface area contributed by atoms with Crippen LogP contribution in [0.1, 0.15) is 40.5 Å². The quantitative estimate of drug-likeness (QED) is 0.814. The highest BCUT2D eigenvalue weighted by Crippen LogP contribution is 2.44. The summed E-state index contributed by atoms with van der Waals surface area (Å²) in [5.41, 5.74) is 1.31. The molecule has 2 unspecified atom stereocenters. The summed E-state index contributed by atoms with van der Waals surface area (Å²) in [7, 11) is 0. The summed E-state index contributed by atoms with van der Waals surface area (Å²) in [6.45, 7) is 10.3. The van der Waals surface area contributed by atoms with Gasteiger partial charge < -0.3 is 14.8 Å². The van der Waals surface area contributed by atoms with Crippen molar-refractivity contribution in [2.45, 2.75) is 52.7 Å². The van der Waals surface area contributed by atoms with Crippen LogP contribution < -0.4 is 10.1 Å². The molecule has 0 radical (unpaired) electrons. The predicted molar refractivity (Wildman–Crippen MR) is 83.5 cm³/mol. The van der Waals surface area contributed by atoms with Crippen LogP contribution in [0.4, 0.5) is 5.69 Å². The van der Waals surface area contributed by atoms with Crippen LogP contribution >= 0.6 is 0 Å². The molecule has 0 saturated heterocycles. The van der Waals surface area contributed by atoms with Gasteiger partial charge in [-0.25, -0.2) is 0 Å². The Kier molecular flexibility index (Phi) is 4.92. The zero-order valence-corrected chi connectivity index (χ0v) is 13.1. The number of ether oxygens (including phenoxy) is 2. The van der Waals surface area contributed by atoms with Gasteiger partial charge in [0.2, 0.25) is 0 Å². The Labute approximate surface area is 122 Å². The molecule has 2 atom stereocenters. The van der Waals surface area contributed by atoms with Gasteiger partial charge in [-0.3, -0.25) is 0 Å². The lowest BCUT2D eigenvalue weighted by atomic mass is 9.64. The van der Waals surface area contributed by atoms with E-state index in [0.29, 0.717) is 12.1 Å². The second kappa shape index (κ2) is 6.49. The molecule has 0 heterocycles. The molecule has 0 bridgehead atoms. The van der Waals surface area contributed by atoms with Gasteiger partial charge in [-0.2, -0.15) is 0 Å². The van der Waals surface area contributed by atoms with E-state index in [1.54, 1.807) is 0 Å². The van der Waals surface area contributed by atoms with Gasteiger partial charge in [0, 0.05) is 29.8 Å². The van der Waals surface area contributed by atoms with E-state index >= 15 is 0 Å². The van der Waals surface area contributed by atoms with Crippen molar-refractivity contribution in [2.75, 3.05) is 18.5 Å². The molecule has 1 aromatic rings. The number of hydrogen-bond acceptors (Lipinski definition) is 3. The van der Waals surface area contributed by atoms with E-state index in [2.05, 4.69) is 45.1 Å². The van der Waals surface area contributed by atoms with E-state index in [9.17, 15) is 0 Å². The van der Waals surface area contributed by atoms with Crippen molar-refractivity contribution in [1.29, 1.82) is 0 Å². The zero-order chi connectivity index (χ0) is 14.6. The Morgan fingerprint density at radius 1 is 1.30 bits per heavy atom. The van der Waals surface area contributed by atoms with Gasteiger partial charge >= 0.3 is 0 Å². The van der Waals surface area contributed by atoms with E-state index < -0.39 is 0 Å². The molecule has 2 rings (SSSR count). The monoisotopic (exact) mass is 277 g/mol. The molecule has 1 aliphatic carbocycles. The summed E-state index contributed by atoms with van der Waals surface area (Å²) in [4.78, 5) is 0. The van der Waals surface area contributed by atoms with Gasteiger partial charge in [0.05, 0.1) is 12.7 Å². The molecule has 3 nitrogen and oxygen atoms in total. The van der Waals surface area contributed by atoms with Gasteiger partial charge in [0.25, 0.3) is 0 Å². The van der Waals surface area contributed by atoms with Crippen molar-refractivity contribution in [3.8, 4) is 5.75 Å². The maximum absolute atomic E-state index is 5.77. The molecule has 1 aromatic carbocycles. The molecule has 0 amide bonds. The predicted octanol–water partition coefficient (Wildman–Crippen LogP) is 4.09. The summed E-state index contributed by atoms with van der Waals surface area (Å²) in [5, 5.41) is 3.61. The summed E-state index contributed by atoms with van der Waals surface area (Å²) >= 11 is 0. The highest BCUT2D eigenvalue weighted by molar-refractivity contribution is 5.49. The fourth-order valence-electron chi connectivity index (χ4n) is 2.71. The highest BCUT2D eigenvalue weighted by atomic mass is 16.5. The Balaban J connectivity index is 1.94. The SMILES string of the molecule is CCCOc1cccc(NC2CC(OCC)C2(C)C)c1. The molecule has 0 aromatic heterocycles. The van der Waals surface area contributed by atoms with Crippen LogP contribution in [-0.4, -0.2) is 25.4 Å². The highest BCUT2D eigenvalue weighted by Gasteiger charge is 2.48. The normalized spacial score (nSPS) is 24.0. The van der Waals surface area contributed by atoms with Crippen LogP contribution in [0.25, 0.3) is 0 Å². The van der Waals surface area contributed by atoms with Crippen LogP contribution in [0, 0.1) is 5.41 Å². The average Bonchev–Trinajstić information content (AvgIpc) is 2.44. The molecule has 1 fully saturated rings. The van der Waals surface area contributed by atoms with Gasteiger partial charge in [0.15, 0.2) is 0 Å². The zero-order valence-electron chi connectivity index (χ0n) is 13.1. The number of benzene rings is 1. The first-order chi connectivity index (χ1) is 9.57. The molecule has 3 heteroatoms. The fraction of sp³-hybridized carbons (Fsp3) is 0.647. The number of anilines is 1. The van der Waals surface area contributed by atoms with Crippen LogP contribution in [0.3, 0.4) is 0 Å². The summed E-state index contributed by atoms with van der Waals surface area (Å²) in [6.07, 6.45) is 2.47. The van der Waals surface area contributed by atoms with Crippen molar-refractivity contribution in [2.24, 2.45) is 5.41 Å². The van der Waals surface area contributed by atoms with Crippen molar-refractivity contribution in [1.82, 2.24) is 0 Å². The average molecular weight is 277 g/mol. The lowest BCUT2D eigenvalue weighted by Crippen LogP contribution is -2.58. The molecule has 112 valence electrons. The first-order valence-electron chi connectivity index (χ1n) is 7.69. The molecule has 1 saturated carbocycles. The van der Waals surface area contributed by atoms with E-state index in [0.717, 1.165) is 37.5 Å². The van der Waals surface area contributed by atoms with Crippen LogP contribution in [0.15, 0.2) is 24.3 Å². The minimum absolute atomic E-state index is 0.177. The van der Waals surface area contributed by atoms with Gasteiger partial charge in [-0.15, -0.1) is 0 Å². The number of nitrogens with one attached hydrogen (secondary N) is 1. The molecule has 0 spiro atoms. The maximum atomic E-state index is 5.77. The maximum Gasteiger partial charge on any atom is 0.121 e. The molecule has 20 heavy (non-hydrogen) atoms. The first kappa shape index (κ1) is 15.2. The van der Waals surface area contributed by atoms with Crippen molar-refractivity contribution in [3.63, 3.8) is 0 Å². The summed E-state index contributed by atoms with van der Waals surface area (Å²) < 4.78 is 11.4.